The van der Waals surface area contributed by atoms with E-state index in [1.54, 1.807) is 0 Å². The van der Waals surface area contributed by atoms with Gasteiger partial charge in [0.25, 0.3) is 0 Å². The highest BCUT2D eigenvalue weighted by Gasteiger charge is 2.14. The van der Waals surface area contributed by atoms with Crippen molar-refractivity contribution in [1.82, 2.24) is 4.98 Å². The van der Waals surface area contributed by atoms with Gasteiger partial charge in [0.2, 0.25) is 0 Å². The monoisotopic (exact) mass is 366 g/mol. The Balaban J connectivity index is 1.90. The third-order valence-electron chi connectivity index (χ3n) is 4.54. The van der Waals surface area contributed by atoms with Gasteiger partial charge in [0.15, 0.2) is 0 Å². The maximum Gasteiger partial charge on any atom is 0.0797 e. The molecule has 0 aliphatic rings. The lowest BCUT2D eigenvalue weighted by atomic mass is 9.97. The van der Waals surface area contributed by atoms with Crippen LogP contribution >= 0.6 is 11.6 Å². The average Bonchev–Trinajstić information content (AvgIpc) is 2.67. The van der Waals surface area contributed by atoms with Gasteiger partial charge in [-0.1, -0.05) is 54.8 Å². The van der Waals surface area contributed by atoms with Crippen molar-refractivity contribution in [2.75, 3.05) is 6.54 Å². The molecule has 2 aromatic carbocycles. The first-order chi connectivity index (χ1) is 12.7. The molecule has 0 aliphatic carbocycles. The van der Waals surface area contributed by atoms with Gasteiger partial charge in [-0.15, -0.1) is 0 Å². The SMILES string of the molecule is C=NCCCCC[C@H](O)c1cc(-c2ccc(Cl)cc2)nc2ccccc12. The Morgan fingerprint density at radius 3 is 2.58 bits per heavy atom. The number of aromatic nitrogens is 1. The largest absolute Gasteiger partial charge is 0.388 e. The number of rotatable bonds is 8. The Morgan fingerprint density at radius 1 is 1.04 bits per heavy atom. The number of unbranched alkanes of at least 4 members (excludes halogenated alkanes) is 2. The standard InChI is InChI=1S/C22H23ClN2O/c1-24-14-6-2-3-9-22(26)19-15-21(16-10-12-17(23)13-11-16)25-20-8-5-4-7-18(19)20/h4-5,7-8,10-13,15,22,26H,1-3,6,9,14H2/t22-/m0/s1. The van der Waals surface area contributed by atoms with Crippen LogP contribution in [0.2, 0.25) is 5.02 Å². The average molecular weight is 367 g/mol. The molecule has 0 saturated carbocycles. The van der Waals surface area contributed by atoms with Gasteiger partial charge >= 0.3 is 0 Å². The second-order valence-electron chi connectivity index (χ2n) is 6.43. The van der Waals surface area contributed by atoms with Crippen molar-refractivity contribution in [1.29, 1.82) is 0 Å². The highest BCUT2D eigenvalue weighted by molar-refractivity contribution is 6.30. The number of hydrogen-bond donors (Lipinski definition) is 1. The number of pyridine rings is 1. The number of nitrogens with zero attached hydrogens (tertiary/aromatic N) is 2. The van der Waals surface area contributed by atoms with Gasteiger partial charge in [-0.2, -0.15) is 0 Å². The highest BCUT2D eigenvalue weighted by Crippen LogP contribution is 2.31. The molecule has 0 unspecified atom stereocenters. The van der Waals surface area contributed by atoms with Gasteiger partial charge < -0.3 is 10.1 Å². The molecule has 4 heteroatoms. The summed E-state index contributed by atoms with van der Waals surface area (Å²) in [5, 5.41) is 12.5. The zero-order valence-electron chi connectivity index (χ0n) is 14.7. The van der Waals surface area contributed by atoms with E-state index >= 15 is 0 Å². The summed E-state index contributed by atoms with van der Waals surface area (Å²) in [6, 6.07) is 17.6. The zero-order chi connectivity index (χ0) is 18.4. The molecule has 0 radical (unpaired) electrons. The quantitative estimate of drug-likeness (QED) is 0.401. The van der Waals surface area contributed by atoms with Crippen molar-refractivity contribution in [3.8, 4) is 11.3 Å². The molecule has 0 amide bonds. The maximum absolute atomic E-state index is 10.8. The van der Waals surface area contributed by atoms with Crippen LogP contribution in [0.25, 0.3) is 22.2 Å². The van der Waals surface area contributed by atoms with Crippen molar-refractivity contribution in [2.24, 2.45) is 4.99 Å². The number of hydrogen-bond acceptors (Lipinski definition) is 3. The van der Waals surface area contributed by atoms with Crippen molar-refractivity contribution >= 4 is 29.2 Å². The van der Waals surface area contributed by atoms with Crippen molar-refractivity contribution < 1.29 is 5.11 Å². The minimum atomic E-state index is -0.509. The molecule has 1 N–H and O–H groups in total. The second kappa shape index (κ2) is 8.93. The summed E-state index contributed by atoms with van der Waals surface area (Å²) in [4.78, 5) is 8.64. The summed E-state index contributed by atoms with van der Waals surface area (Å²) in [6.45, 7) is 4.29. The number of halogens is 1. The van der Waals surface area contributed by atoms with Crippen LogP contribution in [0.1, 0.15) is 37.4 Å². The predicted octanol–water partition coefficient (Wildman–Crippen LogP) is 5.85. The van der Waals surface area contributed by atoms with E-state index in [0.717, 1.165) is 60.0 Å². The molecule has 3 aromatic rings. The molecule has 26 heavy (non-hydrogen) atoms. The Kier molecular flexibility index (Phi) is 6.37. The third-order valence-corrected chi connectivity index (χ3v) is 4.79. The van der Waals surface area contributed by atoms with E-state index in [9.17, 15) is 5.11 Å². The summed E-state index contributed by atoms with van der Waals surface area (Å²) >= 11 is 6.00. The van der Waals surface area contributed by atoms with Crippen LogP contribution < -0.4 is 0 Å². The van der Waals surface area contributed by atoms with E-state index < -0.39 is 6.10 Å². The highest BCUT2D eigenvalue weighted by atomic mass is 35.5. The van der Waals surface area contributed by atoms with Crippen LogP contribution in [0.4, 0.5) is 0 Å². The van der Waals surface area contributed by atoms with Crippen LogP contribution in [-0.2, 0) is 0 Å². The van der Waals surface area contributed by atoms with Gasteiger partial charge in [-0.3, -0.25) is 0 Å². The number of benzene rings is 2. The van der Waals surface area contributed by atoms with E-state index in [1.807, 2.05) is 54.6 Å². The Bertz CT molecular complexity index is 877. The number of para-hydroxylation sites is 1. The third kappa shape index (κ3) is 4.48. The summed E-state index contributed by atoms with van der Waals surface area (Å²) < 4.78 is 0. The van der Waals surface area contributed by atoms with Crippen molar-refractivity contribution in [3.63, 3.8) is 0 Å². The fourth-order valence-electron chi connectivity index (χ4n) is 3.14. The van der Waals surface area contributed by atoms with Crippen molar-refractivity contribution in [2.45, 2.75) is 31.8 Å². The topological polar surface area (TPSA) is 45.5 Å². The summed E-state index contributed by atoms with van der Waals surface area (Å²) in [5.74, 6) is 0. The number of aliphatic imine (C=N–C) groups is 1. The van der Waals surface area contributed by atoms with Crippen LogP contribution in [0.5, 0.6) is 0 Å². The lowest BCUT2D eigenvalue weighted by Crippen LogP contribution is -2.01. The van der Waals surface area contributed by atoms with Crippen LogP contribution in [-0.4, -0.2) is 23.4 Å². The molecular formula is C22H23ClN2O. The molecule has 0 saturated heterocycles. The molecule has 0 fully saturated rings. The molecule has 1 atom stereocenters. The molecular weight excluding hydrogens is 344 g/mol. The molecule has 3 nitrogen and oxygen atoms in total. The first-order valence-electron chi connectivity index (χ1n) is 8.95. The lowest BCUT2D eigenvalue weighted by Gasteiger charge is -2.15. The van der Waals surface area contributed by atoms with Crippen LogP contribution in [0, 0.1) is 0 Å². The maximum atomic E-state index is 10.8. The fourth-order valence-corrected chi connectivity index (χ4v) is 3.27. The summed E-state index contributed by atoms with van der Waals surface area (Å²) in [7, 11) is 0. The van der Waals surface area contributed by atoms with E-state index in [4.69, 9.17) is 16.6 Å². The van der Waals surface area contributed by atoms with Gasteiger partial charge in [-0.25, -0.2) is 4.98 Å². The summed E-state index contributed by atoms with van der Waals surface area (Å²) in [6.07, 6.45) is 3.24. The lowest BCUT2D eigenvalue weighted by molar-refractivity contribution is 0.165. The molecule has 1 heterocycles. The number of fused-ring (bicyclic) bond motifs is 1. The smallest absolute Gasteiger partial charge is 0.0797 e. The molecule has 0 bridgehead atoms. The van der Waals surface area contributed by atoms with Gasteiger partial charge in [0, 0.05) is 22.5 Å². The van der Waals surface area contributed by atoms with E-state index in [0.29, 0.717) is 5.02 Å². The zero-order valence-corrected chi connectivity index (χ0v) is 15.5. The first kappa shape index (κ1) is 18.6. The van der Waals surface area contributed by atoms with Crippen LogP contribution in [0.15, 0.2) is 59.6 Å². The minimum absolute atomic E-state index is 0.509. The normalized spacial score (nSPS) is 12.2. The Morgan fingerprint density at radius 2 is 1.81 bits per heavy atom. The van der Waals surface area contributed by atoms with Crippen LogP contribution in [0.3, 0.4) is 0 Å². The van der Waals surface area contributed by atoms with E-state index in [1.165, 1.54) is 0 Å². The second-order valence-corrected chi connectivity index (χ2v) is 6.87. The molecule has 1 aromatic heterocycles. The van der Waals surface area contributed by atoms with E-state index in [2.05, 4.69) is 11.7 Å². The number of aliphatic hydroxyl groups excluding tert-OH is 1. The van der Waals surface area contributed by atoms with Crippen molar-refractivity contribution in [3.05, 3.63) is 65.2 Å². The summed E-state index contributed by atoms with van der Waals surface area (Å²) in [5.41, 5.74) is 3.67. The molecule has 0 aliphatic heterocycles. The Hall–Kier alpha value is -2.23. The Labute approximate surface area is 159 Å². The molecule has 0 spiro atoms. The van der Waals surface area contributed by atoms with Gasteiger partial charge in [0.1, 0.15) is 0 Å². The molecule has 134 valence electrons. The minimum Gasteiger partial charge on any atom is -0.388 e. The molecule has 3 rings (SSSR count). The van der Waals surface area contributed by atoms with Gasteiger partial charge in [-0.05, 0) is 49.4 Å². The fraction of sp³-hybridized carbons (Fsp3) is 0.273. The van der Waals surface area contributed by atoms with E-state index in [-0.39, 0.29) is 0 Å². The number of aliphatic hydroxyl groups is 1. The predicted molar refractivity (Wildman–Crippen MR) is 110 cm³/mol. The first-order valence-corrected chi connectivity index (χ1v) is 9.33. The van der Waals surface area contributed by atoms with Gasteiger partial charge in [0.05, 0.1) is 17.3 Å².